The number of nitrogens with zero attached hydrogens (tertiary/aromatic N) is 1. The van der Waals surface area contributed by atoms with E-state index in [1.54, 1.807) is 39.0 Å². The van der Waals surface area contributed by atoms with Gasteiger partial charge in [-0.3, -0.25) is 9.59 Å². The average molecular weight is 494 g/mol. The molecule has 0 spiro atoms. The molecule has 2 aromatic rings. The summed E-state index contributed by atoms with van der Waals surface area (Å²) in [6, 6.07) is 9.13. The number of amides is 2. The van der Waals surface area contributed by atoms with E-state index in [4.69, 9.17) is 16.3 Å². The lowest BCUT2D eigenvalue weighted by Crippen LogP contribution is -2.48. The second-order valence-electron chi connectivity index (χ2n) is 8.07. The predicted octanol–water partition coefficient (Wildman–Crippen LogP) is 3.45. The summed E-state index contributed by atoms with van der Waals surface area (Å²) >= 11 is 6.23. The summed E-state index contributed by atoms with van der Waals surface area (Å²) in [7, 11) is -3.93. The number of anilines is 1. The number of hydrogen-bond donors (Lipinski definition) is 2. The monoisotopic (exact) mass is 493 g/mol. The van der Waals surface area contributed by atoms with Gasteiger partial charge < -0.3 is 15.4 Å². The van der Waals surface area contributed by atoms with Crippen LogP contribution in [0.25, 0.3) is 0 Å². The van der Waals surface area contributed by atoms with Gasteiger partial charge in [-0.25, -0.2) is 8.42 Å². The van der Waals surface area contributed by atoms with Crippen LogP contribution in [0.15, 0.2) is 41.3 Å². The van der Waals surface area contributed by atoms with Crippen LogP contribution in [0.4, 0.5) is 5.69 Å². The second-order valence-corrected chi connectivity index (χ2v) is 10.4. The molecule has 0 saturated carbocycles. The van der Waals surface area contributed by atoms with Crippen LogP contribution in [0.3, 0.4) is 0 Å². The van der Waals surface area contributed by atoms with Crippen LogP contribution >= 0.6 is 11.6 Å². The maximum atomic E-state index is 13.3. The van der Waals surface area contributed by atoms with Gasteiger partial charge in [-0.05, 0) is 63.6 Å². The Morgan fingerprint density at radius 2 is 1.67 bits per heavy atom. The zero-order valence-electron chi connectivity index (χ0n) is 19.0. The maximum Gasteiger partial charge on any atom is 0.255 e. The van der Waals surface area contributed by atoms with E-state index in [0.717, 1.165) is 5.56 Å². The summed E-state index contributed by atoms with van der Waals surface area (Å²) in [6.07, 6.45) is -0.511. The van der Waals surface area contributed by atoms with Crippen molar-refractivity contribution in [2.75, 3.05) is 25.0 Å². The van der Waals surface area contributed by atoms with Crippen LogP contribution in [0.5, 0.6) is 0 Å². The number of benzene rings is 2. The fourth-order valence-corrected chi connectivity index (χ4v) is 5.75. The lowest BCUT2D eigenvalue weighted by atomic mass is 10.1. The average Bonchev–Trinajstić information content (AvgIpc) is 2.74. The van der Waals surface area contributed by atoms with Crippen molar-refractivity contribution in [2.24, 2.45) is 0 Å². The van der Waals surface area contributed by atoms with Gasteiger partial charge in [0.15, 0.2) is 0 Å². The molecule has 0 aliphatic carbocycles. The third kappa shape index (κ3) is 5.73. The molecule has 2 unspecified atom stereocenters. The first-order valence-electron chi connectivity index (χ1n) is 10.7. The van der Waals surface area contributed by atoms with Gasteiger partial charge in [-0.15, -0.1) is 0 Å². The predicted molar refractivity (Wildman–Crippen MR) is 127 cm³/mol. The Hall–Kier alpha value is -2.46. The quantitative estimate of drug-likeness (QED) is 0.641. The molecule has 1 aliphatic rings. The minimum absolute atomic E-state index is 0.0350. The molecule has 0 aromatic heterocycles. The Balaban J connectivity index is 1.88. The first kappa shape index (κ1) is 25.2. The number of ether oxygens (including phenoxy) is 1. The van der Waals surface area contributed by atoms with E-state index in [9.17, 15) is 18.0 Å². The molecule has 33 heavy (non-hydrogen) atoms. The van der Waals surface area contributed by atoms with Gasteiger partial charge in [0, 0.05) is 36.4 Å². The third-order valence-corrected chi connectivity index (χ3v) is 7.60. The summed E-state index contributed by atoms with van der Waals surface area (Å²) in [4.78, 5) is 25.0. The van der Waals surface area contributed by atoms with E-state index in [1.165, 1.54) is 22.5 Å². The molecule has 3 rings (SSSR count). The number of halogens is 1. The van der Waals surface area contributed by atoms with Crippen LogP contribution in [0.2, 0.25) is 5.02 Å². The molecule has 2 amide bonds. The van der Waals surface area contributed by atoms with Crippen LogP contribution in [-0.2, 0) is 14.8 Å². The normalized spacial score (nSPS) is 19.2. The minimum Gasteiger partial charge on any atom is -0.373 e. The van der Waals surface area contributed by atoms with Crippen LogP contribution in [0, 0.1) is 6.92 Å². The number of morpholine rings is 1. The van der Waals surface area contributed by atoms with Crippen molar-refractivity contribution in [1.82, 2.24) is 9.62 Å². The molecule has 2 aromatic carbocycles. The van der Waals surface area contributed by atoms with E-state index in [0.29, 0.717) is 17.8 Å². The highest BCUT2D eigenvalue weighted by atomic mass is 35.5. The zero-order valence-corrected chi connectivity index (χ0v) is 20.6. The van der Waals surface area contributed by atoms with Gasteiger partial charge in [0.1, 0.15) is 4.90 Å². The largest absolute Gasteiger partial charge is 0.373 e. The van der Waals surface area contributed by atoms with E-state index < -0.39 is 15.9 Å². The lowest BCUT2D eigenvalue weighted by Gasteiger charge is -2.34. The summed E-state index contributed by atoms with van der Waals surface area (Å²) in [6.45, 7) is 8.12. The molecule has 1 saturated heterocycles. The number of carbonyl (C=O) groups is 2. The lowest BCUT2D eigenvalue weighted by molar-refractivity contribution is -0.0440. The topological polar surface area (TPSA) is 105 Å². The van der Waals surface area contributed by atoms with Crippen LogP contribution in [-0.4, -0.2) is 56.4 Å². The van der Waals surface area contributed by atoms with Crippen molar-refractivity contribution in [1.29, 1.82) is 0 Å². The van der Waals surface area contributed by atoms with Gasteiger partial charge in [0.05, 0.1) is 17.2 Å². The molecule has 0 bridgehead atoms. The summed E-state index contributed by atoms with van der Waals surface area (Å²) < 4.78 is 33.5. The Labute approximate surface area is 199 Å². The molecular weight excluding hydrogens is 466 g/mol. The molecule has 2 atom stereocenters. The first-order chi connectivity index (χ1) is 15.5. The van der Waals surface area contributed by atoms with Crippen LogP contribution in [0.1, 0.15) is 47.1 Å². The molecule has 10 heteroatoms. The highest BCUT2D eigenvalue weighted by molar-refractivity contribution is 7.89. The summed E-state index contributed by atoms with van der Waals surface area (Å²) in [5.74, 6) is -0.759. The zero-order chi connectivity index (χ0) is 24.3. The Morgan fingerprint density at radius 3 is 2.30 bits per heavy atom. The number of nitrogens with one attached hydrogen (secondary N) is 2. The molecule has 1 heterocycles. The second kappa shape index (κ2) is 10.2. The van der Waals surface area contributed by atoms with E-state index >= 15 is 0 Å². The Bertz CT molecular complexity index is 1160. The minimum atomic E-state index is -3.93. The smallest absolute Gasteiger partial charge is 0.255 e. The molecule has 0 radical (unpaired) electrons. The number of carbonyl (C=O) groups excluding carboxylic acids is 2. The maximum absolute atomic E-state index is 13.3. The molecule has 1 fully saturated rings. The van der Waals surface area contributed by atoms with Crippen molar-refractivity contribution in [2.45, 2.75) is 44.8 Å². The first-order valence-corrected chi connectivity index (χ1v) is 12.5. The molecule has 8 nitrogen and oxygen atoms in total. The third-order valence-electron chi connectivity index (χ3n) is 5.28. The molecule has 178 valence electrons. The fraction of sp³-hybridized carbons (Fsp3) is 0.391. The summed E-state index contributed by atoms with van der Waals surface area (Å²) in [5, 5.41) is 5.51. The highest BCUT2D eigenvalue weighted by Gasteiger charge is 2.34. The van der Waals surface area contributed by atoms with Crippen molar-refractivity contribution in [3.8, 4) is 0 Å². The summed E-state index contributed by atoms with van der Waals surface area (Å²) in [5.41, 5.74) is 1.76. The molecule has 1 aliphatic heterocycles. The van der Waals surface area contributed by atoms with E-state index in [2.05, 4.69) is 10.6 Å². The number of hydrogen-bond acceptors (Lipinski definition) is 5. The molecular formula is C23H28ClN3O5S. The Morgan fingerprint density at radius 1 is 1.06 bits per heavy atom. The van der Waals surface area contributed by atoms with Crippen molar-refractivity contribution in [3.05, 3.63) is 58.1 Å². The number of sulfonamides is 1. The van der Waals surface area contributed by atoms with Gasteiger partial charge >= 0.3 is 0 Å². The SMILES string of the molecule is CCNC(=O)c1ccc(C)c(NC(=O)c2ccc(Cl)c(S(=O)(=O)N3CC(C)OC(C)C3)c2)c1. The van der Waals surface area contributed by atoms with Crippen LogP contribution < -0.4 is 10.6 Å². The van der Waals surface area contributed by atoms with Gasteiger partial charge in [0.25, 0.3) is 11.8 Å². The van der Waals surface area contributed by atoms with Gasteiger partial charge in [-0.2, -0.15) is 4.31 Å². The Kier molecular flexibility index (Phi) is 7.79. The van der Waals surface area contributed by atoms with E-state index in [1.807, 2.05) is 6.92 Å². The number of aryl methyl sites for hydroxylation is 1. The number of rotatable bonds is 6. The van der Waals surface area contributed by atoms with Crippen molar-refractivity contribution in [3.63, 3.8) is 0 Å². The standard InChI is InChI=1S/C23H28ClN3O5S/c1-5-25-22(28)17-7-6-14(2)20(10-17)26-23(29)18-8-9-19(24)21(11-18)33(30,31)27-12-15(3)32-16(4)13-27/h6-11,15-16H,5,12-13H2,1-4H3,(H,25,28)(H,26,29). The highest BCUT2D eigenvalue weighted by Crippen LogP contribution is 2.28. The van der Waals surface area contributed by atoms with Crippen molar-refractivity contribution < 1.29 is 22.7 Å². The molecule has 2 N–H and O–H groups in total. The fourth-order valence-electron chi connectivity index (χ4n) is 3.66. The van der Waals surface area contributed by atoms with Crippen molar-refractivity contribution >= 4 is 39.1 Å². The van der Waals surface area contributed by atoms with Gasteiger partial charge in [0.2, 0.25) is 10.0 Å². The van der Waals surface area contributed by atoms with E-state index in [-0.39, 0.29) is 46.7 Å². The van der Waals surface area contributed by atoms with Gasteiger partial charge in [-0.1, -0.05) is 17.7 Å².